The summed E-state index contributed by atoms with van der Waals surface area (Å²) in [4.78, 5) is 38.6. The van der Waals surface area contributed by atoms with Gasteiger partial charge in [-0.05, 0) is 31.0 Å². The summed E-state index contributed by atoms with van der Waals surface area (Å²) in [5.41, 5.74) is -1.76. The van der Waals surface area contributed by atoms with Crippen molar-refractivity contribution < 1.29 is 32.6 Å². The van der Waals surface area contributed by atoms with Gasteiger partial charge in [-0.3, -0.25) is 4.79 Å². The first kappa shape index (κ1) is 22.7. The van der Waals surface area contributed by atoms with E-state index in [1.807, 2.05) is 0 Å². The van der Waals surface area contributed by atoms with Crippen molar-refractivity contribution in [1.82, 2.24) is 10.3 Å². The van der Waals surface area contributed by atoms with Crippen LogP contribution >= 0.6 is 11.6 Å². The number of sulfone groups is 1. The third-order valence-electron chi connectivity index (χ3n) is 4.59. The first-order chi connectivity index (χ1) is 13.5. The lowest BCUT2D eigenvalue weighted by molar-refractivity contribution is -0.167. The van der Waals surface area contributed by atoms with Gasteiger partial charge >= 0.3 is 11.9 Å². The Morgan fingerprint density at radius 1 is 1.41 bits per heavy atom. The van der Waals surface area contributed by atoms with Gasteiger partial charge in [0.25, 0.3) is 0 Å². The molecule has 0 radical (unpaired) electrons. The van der Waals surface area contributed by atoms with E-state index in [9.17, 15) is 27.9 Å². The van der Waals surface area contributed by atoms with Crippen molar-refractivity contribution in [2.45, 2.75) is 43.2 Å². The zero-order chi connectivity index (χ0) is 22.0. The molecule has 0 aliphatic rings. The van der Waals surface area contributed by atoms with Crippen molar-refractivity contribution in [3.05, 3.63) is 28.9 Å². The SMILES string of the molecule is CCC(C)OC(=O)C(Cc1c[nH]c2c(Cl)cc(S(C)(=O)=O)cc12)(NC=O)C(=O)O. The van der Waals surface area contributed by atoms with Crippen molar-refractivity contribution in [3.63, 3.8) is 0 Å². The molecular formula is C18H21ClN2O7S. The van der Waals surface area contributed by atoms with Crippen LogP contribution in [-0.4, -0.2) is 54.8 Å². The van der Waals surface area contributed by atoms with Crippen molar-refractivity contribution in [2.75, 3.05) is 6.26 Å². The van der Waals surface area contributed by atoms with Gasteiger partial charge in [0.2, 0.25) is 11.9 Å². The first-order valence-corrected chi connectivity index (χ1v) is 10.9. The van der Waals surface area contributed by atoms with Crippen LogP contribution in [0, 0.1) is 0 Å². The number of H-pyrrole nitrogens is 1. The van der Waals surface area contributed by atoms with Crippen LogP contribution in [0.4, 0.5) is 0 Å². The Labute approximate surface area is 172 Å². The Hall–Kier alpha value is -2.59. The Morgan fingerprint density at radius 2 is 2.07 bits per heavy atom. The lowest BCUT2D eigenvalue weighted by atomic mass is 9.90. The van der Waals surface area contributed by atoms with Gasteiger partial charge in [0, 0.05) is 24.3 Å². The molecule has 0 saturated carbocycles. The molecule has 0 aliphatic heterocycles. The van der Waals surface area contributed by atoms with Gasteiger partial charge in [0.1, 0.15) is 0 Å². The van der Waals surface area contributed by atoms with E-state index in [0.717, 1.165) is 6.26 Å². The number of esters is 1. The molecule has 2 atom stereocenters. The lowest BCUT2D eigenvalue weighted by Crippen LogP contribution is -2.60. The third-order valence-corrected chi connectivity index (χ3v) is 5.98. The topological polar surface area (TPSA) is 143 Å². The van der Waals surface area contributed by atoms with Crippen LogP contribution in [0.2, 0.25) is 5.02 Å². The number of amides is 1. The van der Waals surface area contributed by atoms with E-state index in [2.05, 4.69) is 10.3 Å². The second-order valence-corrected chi connectivity index (χ2v) is 9.11. The largest absolute Gasteiger partial charge is 0.479 e. The normalized spacial score (nSPS) is 14.8. The number of aromatic nitrogens is 1. The summed E-state index contributed by atoms with van der Waals surface area (Å²) in [6.07, 6.45) is 1.92. The van der Waals surface area contributed by atoms with E-state index in [1.165, 1.54) is 18.3 Å². The molecule has 1 aromatic heterocycles. The number of nitrogens with one attached hydrogen (secondary N) is 2. The molecule has 29 heavy (non-hydrogen) atoms. The van der Waals surface area contributed by atoms with E-state index in [4.69, 9.17) is 16.3 Å². The van der Waals surface area contributed by atoms with E-state index in [-0.39, 0.29) is 21.9 Å². The molecule has 0 spiro atoms. The lowest BCUT2D eigenvalue weighted by Gasteiger charge is -2.28. The number of carbonyl (C=O) groups is 3. The molecule has 9 nitrogen and oxygen atoms in total. The molecule has 1 aromatic carbocycles. The van der Waals surface area contributed by atoms with Gasteiger partial charge in [0.15, 0.2) is 9.84 Å². The highest BCUT2D eigenvalue weighted by molar-refractivity contribution is 7.90. The van der Waals surface area contributed by atoms with Crippen LogP contribution in [0.15, 0.2) is 23.2 Å². The number of benzene rings is 1. The van der Waals surface area contributed by atoms with E-state index < -0.39 is 39.8 Å². The maximum absolute atomic E-state index is 12.7. The molecule has 2 rings (SSSR count). The highest BCUT2D eigenvalue weighted by Crippen LogP contribution is 2.31. The molecule has 1 heterocycles. The number of carboxylic acid groups (broad SMARTS) is 1. The number of carboxylic acids is 1. The molecule has 0 fully saturated rings. The Bertz CT molecular complexity index is 1060. The zero-order valence-electron chi connectivity index (χ0n) is 16.0. The fraction of sp³-hybridized carbons (Fsp3) is 0.389. The minimum atomic E-state index is -3.60. The molecule has 0 saturated heterocycles. The minimum Gasteiger partial charge on any atom is -0.479 e. The number of rotatable bonds is 9. The Kier molecular flexibility index (Phi) is 6.59. The van der Waals surface area contributed by atoms with Crippen LogP contribution in [0.5, 0.6) is 0 Å². The van der Waals surface area contributed by atoms with Crippen LogP contribution < -0.4 is 5.32 Å². The number of hydrogen-bond donors (Lipinski definition) is 3. The van der Waals surface area contributed by atoms with Crippen molar-refractivity contribution in [3.8, 4) is 0 Å². The molecule has 0 bridgehead atoms. The standard InChI is InChI=1S/C18H21ClN2O7S/c1-4-10(2)28-17(25)18(16(23)24,21-9-22)7-11-8-20-15-13(11)5-12(6-14(15)19)29(3,26)27/h5-6,8-10,20H,4,7H2,1-3H3,(H,21,22)(H,23,24). The third kappa shape index (κ3) is 4.54. The van der Waals surface area contributed by atoms with Crippen LogP contribution in [-0.2, 0) is 35.4 Å². The first-order valence-electron chi connectivity index (χ1n) is 8.61. The summed E-state index contributed by atoms with van der Waals surface area (Å²) < 4.78 is 29.0. The summed E-state index contributed by atoms with van der Waals surface area (Å²) in [5.74, 6) is -2.75. The van der Waals surface area contributed by atoms with E-state index >= 15 is 0 Å². The number of hydrogen-bond acceptors (Lipinski definition) is 6. The van der Waals surface area contributed by atoms with Gasteiger partial charge < -0.3 is 20.1 Å². The van der Waals surface area contributed by atoms with Crippen molar-refractivity contribution in [2.24, 2.45) is 0 Å². The second-order valence-electron chi connectivity index (χ2n) is 6.69. The summed E-state index contributed by atoms with van der Waals surface area (Å²) in [6.45, 7) is 3.34. The smallest absolute Gasteiger partial charge is 0.344 e. The van der Waals surface area contributed by atoms with Crippen LogP contribution in [0.1, 0.15) is 25.8 Å². The molecule has 11 heteroatoms. The number of ether oxygens (including phenoxy) is 1. The Balaban J connectivity index is 2.63. The maximum atomic E-state index is 12.7. The molecule has 0 aliphatic carbocycles. The zero-order valence-corrected chi connectivity index (χ0v) is 17.6. The molecule has 2 aromatic rings. The van der Waals surface area contributed by atoms with Gasteiger partial charge in [-0.2, -0.15) is 0 Å². The quantitative estimate of drug-likeness (QED) is 0.303. The molecule has 158 valence electrons. The molecular weight excluding hydrogens is 424 g/mol. The van der Waals surface area contributed by atoms with E-state index in [1.54, 1.807) is 13.8 Å². The number of aliphatic carboxylic acids is 1. The number of halogens is 1. The summed E-state index contributed by atoms with van der Waals surface area (Å²) in [6, 6.07) is 2.60. The van der Waals surface area contributed by atoms with Gasteiger partial charge in [-0.1, -0.05) is 18.5 Å². The van der Waals surface area contributed by atoms with Crippen LogP contribution in [0.3, 0.4) is 0 Å². The molecule has 1 amide bonds. The average Bonchev–Trinajstić information content (AvgIpc) is 3.03. The highest BCUT2D eigenvalue weighted by Gasteiger charge is 2.49. The van der Waals surface area contributed by atoms with Gasteiger partial charge in [-0.15, -0.1) is 0 Å². The number of carbonyl (C=O) groups excluding carboxylic acids is 2. The molecule has 2 unspecified atom stereocenters. The molecule has 3 N–H and O–H groups in total. The van der Waals surface area contributed by atoms with Crippen LogP contribution in [0.25, 0.3) is 10.9 Å². The fourth-order valence-corrected chi connectivity index (χ4v) is 3.74. The number of aromatic amines is 1. The van der Waals surface area contributed by atoms with Crippen molar-refractivity contribution >= 4 is 50.7 Å². The second kappa shape index (κ2) is 8.42. The summed E-state index contributed by atoms with van der Waals surface area (Å²) in [5, 5.41) is 12.3. The van der Waals surface area contributed by atoms with Gasteiger partial charge in [0.05, 0.1) is 21.5 Å². The van der Waals surface area contributed by atoms with Crippen molar-refractivity contribution in [1.29, 1.82) is 0 Å². The Morgan fingerprint density at radius 3 is 2.59 bits per heavy atom. The number of fused-ring (bicyclic) bond motifs is 1. The average molecular weight is 445 g/mol. The predicted octanol–water partition coefficient (Wildman–Crippen LogP) is 1.68. The van der Waals surface area contributed by atoms with Gasteiger partial charge in [-0.25, -0.2) is 18.0 Å². The maximum Gasteiger partial charge on any atom is 0.344 e. The minimum absolute atomic E-state index is 0.0673. The summed E-state index contributed by atoms with van der Waals surface area (Å²) >= 11 is 6.15. The fourth-order valence-electron chi connectivity index (χ4n) is 2.74. The predicted molar refractivity (Wildman–Crippen MR) is 106 cm³/mol. The summed E-state index contributed by atoms with van der Waals surface area (Å²) in [7, 11) is -3.60. The van der Waals surface area contributed by atoms with E-state index in [0.29, 0.717) is 17.3 Å². The monoisotopic (exact) mass is 444 g/mol. The highest BCUT2D eigenvalue weighted by atomic mass is 35.5.